The Kier molecular flexibility index (Phi) is 6.49. The van der Waals surface area contributed by atoms with Gasteiger partial charge in [-0.25, -0.2) is 4.68 Å². The molecule has 2 aromatic carbocycles. The lowest BCUT2D eigenvalue weighted by Gasteiger charge is -2.04. The van der Waals surface area contributed by atoms with Crippen molar-refractivity contribution in [1.29, 1.82) is 0 Å². The van der Waals surface area contributed by atoms with E-state index in [0.717, 1.165) is 16.7 Å². The van der Waals surface area contributed by atoms with Crippen LogP contribution in [-0.2, 0) is 29.2 Å². The number of hydrogen-bond acceptors (Lipinski definition) is 4. The Hall–Kier alpha value is -3.25. The number of carbonyl (C=O) groups is 1. The van der Waals surface area contributed by atoms with Crippen LogP contribution in [0.4, 0.5) is 0 Å². The number of carbonyl (C=O) groups excluding carboxylic acids is 1. The highest BCUT2D eigenvalue weighted by atomic mass is 16.5. The molecule has 0 saturated heterocycles. The minimum Gasteiger partial charge on any atom is -0.380 e. The first kappa shape index (κ1) is 18.5. The second-order valence-corrected chi connectivity index (χ2v) is 6.13. The van der Waals surface area contributed by atoms with Crippen molar-refractivity contribution in [3.8, 4) is 0 Å². The lowest BCUT2D eigenvalue weighted by atomic mass is 10.1. The predicted molar refractivity (Wildman–Crippen MR) is 104 cm³/mol. The number of ether oxygens (including phenoxy) is 1. The van der Waals surface area contributed by atoms with E-state index in [1.165, 1.54) is 6.08 Å². The van der Waals surface area contributed by atoms with Crippen molar-refractivity contribution in [1.82, 2.24) is 20.3 Å². The second kappa shape index (κ2) is 9.45. The molecule has 0 radical (unpaired) electrons. The van der Waals surface area contributed by atoms with Gasteiger partial charge in [-0.15, -0.1) is 5.10 Å². The van der Waals surface area contributed by atoms with Crippen LogP contribution in [-0.4, -0.2) is 28.0 Å². The zero-order valence-electron chi connectivity index (χ0n) is 15.2. The van der Waals surface area contributed by atoms with Gasteiger partial charge < -0.3 is 10.1 Å². The summed E-state index contributed by atoms with van der Waals surface area (Å²) in [5.41, 5.74) is 3.92. The molecule has 1 amide bonds. The third kappa shape index (κ3) is 5.90. The van der Waals surface area contributed by atoms with Gasteiger partial charge in [-0.3, -0.25) is 4.79 Å². The molecule has 0 fully saturated rings. The number of amides is 1. The molecule has 3 rings (SSSR count). The summed E-state index contributed by atoms with van der Waals surface area (Å²) in [5, 5.41) is 11.0. The fourth-order valence-electron chi connectivity index (χ4n) is 2.57. The minimum atomic E-state index is -0.173. The first-order valence-electron chi connectivity index (χ1n) is 8.69. The van der Waals surface area contributed by atoms with Crippen LogP contribution < -0.4 is 5.32 Å². The highest BCUT2D eigenvalue weighted by molar-refractivity contribution is 5.91. The van der Waals surface area contributed by atoms with Crippen LogP contribution >= 0.6 is 0 Å². The van der Waals surface area contributed by atoms with Crippen LogP contribution in [0, 0.1) is 0 Å². The summed E-state index contributed by atoms with van der Waals surface area (Å²) in [7, 11) is 1.67. The lowest BCUT2D eigenvalue weighted by Crippen LogP contribution is -2.20. The van der Waals surface area contributed by atoms with Crippen LogP contribution in [0.3, 0.4) is 0 Å². The highest BCUT2D eigenvalue weighted by Crippen LogP contribution is 2.06. The van der Waals surface area contributed by atoms with Crippen LogP contribution in [0.1, 0.15) is 22.4 Å². The molecule has 138 valence electrons. The largest absolute Gasteiger partial charge is 0.380 e. The Labute approximate surface area is 158 Å². The van der Waals surface area contributed by atoms with E-state index in [9.17, 15) is 4.79 Å². The standard InChI is InChI=1S/C21H22N4O2/c1-27-16-19-9-7-17(8-10-19)13-22-21(26)12-11-20-15-25(24-23-20)14-18-5-3-2-4-6-18/h2-12,15H,13-14,16H2,1H3,(H,22,26)/b12-11+. The Morgan fingerprint density at radius 2 is 1.81 bits per heavy atom. The molecule has 0 atom stereocenters. The van der Waals surface area contributed by atoms with E-state index in [1.54, 1.807) is 17.9 Å². The molecule has 6 nitrogen and oxygen atoms in total. The van der Waals surface area contributed by atoms with Crippen molar-refractivity contribution in [3.05, 3.63) is 89.3 Å². The van der Waals surface area contributed by atoms with Gasteiger partial charge in [-0.1, -0.05) is 59.8 Å². The van der Waals surface area contributed by atoms with E-state index in [0.29, 0.717) is 25.4 Å². The van der Waals surface area contributed by atoms with E-state index in [1.807, 2.05) is 60.8 Å². The van der Waals surface area contributed by atoms with Crippen LogP contribution in [0.5, 0.6) is 0 Å². The Morgan fingerprint density at radius 1 is 1.07 bits per heavy atom. The summed E-state index contributed by atoms with van der Waals surface area (Å²) >= 11 is 0. The average molecular weight is 362 g/mol. The third-order valence-corrected chi connectivity index (χ3v) is 3.95. The number of methoxy groups -OCH3 is 1. The van der Waals surface area contributed by atoms with Gasteiger partial charge in [-0.2, -0.15) is 0 Å². The van der Waals surface area contributed by atoms with E-state index in [4.69, 9.17) is 4.74 Å². The fourth-order valence-corrected chi connectivity index (χ4v) is 2.57. The van der Waals surface area contributed by atoms with Crippen LogP contribution in [0.2, 0.25) is 0 Å². The summed E-state index contributed by atoms with van der Waals surface area (Å²) in [6, 6.07) is 18.0. The van der Waals surface area contributed by atoms with E-state index in [2.05, 4.69) is 15.6 Å². The number of benzene rings is 2. The van der Waals surface area contributed by atoms with Crippen molar-refractivity contribution in [2.24, 2.45) is 0 Å². The molecule has 1 aromatic heterocycles. The van der Waals surface area contributed by atoms with Crippen molar-refractivity contribution < 1.29 is 9.53 Å². The molecule has 27 heavy (non-hydrogen) atoms. The van der Waals surface area contributed by atoms with Gasteiger partial charge in [0, 0.05) is 19.7 Å². The van der Waals surface area contributed by atoms with Gasteiger partial charge in [-0.05, 0) is 22.8 Å². The molecule has 0 aliphatic carbocycles. The van der Waals surface area contributed by atoms with Gasteiger partial charge in [0.15, 0.2) is 0 Å². The predicted octanol–water partition coefficient (Wildman–Crippen LogP) is 2.80. The number of nitrogens with zero attached hydrogens (tertiary/aromatic N) is 3. The first-order chi connectivity index (χ1) is 13.2. The van der Waals surface area contributed by atoms with Gasteiger partial charge in [0.25, 0.3) is 0 Å². The molecule has 1 N–H and O–H groups in total. The SMILES string of the molecule is COCc1ccc(CNC(=O)/C=C/c2cn(Cc3ccccc3)nn2)cc1. The maximum Gasteiger partial charge on any atom is 0.244 e. The smallest absolute Gasteiger partial charge is 0.244 e. The zero-order valence-corrected chi connectivity index (χ0v) is 15.2. The number of nitrogens with one attached hydrogen (secondary N) is 1. The van der Waals surface area contributed by atoms with E-state index < -0.39 is 0 Å². The van der Waals surface area contributed by atoms with Gasteiger partial charge >= 0.3 is 0 Å². The third-order valence-electron chi connectivity index (χ3n) is 3.95. The van der Waals surface area contributed by atoms with Gasteiger partial charge in [0.1, 0.15) is 5.69 Å². The molecule has 0 bridgehead atoms. The molecule has 0 saturated carbocycles. The van der Waals surface area contributed by atoms with E-state index >= 15 is 0 Å². The number of hydrogen-bond donors (Lipinski definition) is 1. The normalized spacial score (nSPS) is 11.0. The van der Waals surface area contributed by atoms with Gasteiger partial charge in [0.05, 0.1) is 19.3 Å². The maximum atomic E-state index is 12.0. The molecule has 0 spiro atoms. The van der Waals surface area contributed by atoms with Crippen LogP contribution in [0.25, 0.3) is 6.08 Å². The summed E-state index contributed by atoms with van der Waals surface area (Å²) in [6.45, 7) is 1.70. The summed E-state index contributed by atoms with van der Waals surface area (Å²) in [5.74, 6) is -0.173. The minimum absolute atomic E-state index is 0.173. The number of aromatic nitrogens is 3. The van der Waals surface area contributed by atoms with Crippen molar-refractivity contribution in [2.75, 3.05) is 7.11 Å². The fraction of sp³-hybridized carbons (Fsp3) is 0.190. The Morgan fingerprint density at radius 3 is 2.56 bits per heavy atom. The molecule has 0 aliphatic rings. The molecule has 3 aromatic rings. The summed E-state index contributed by atoms with van der Waals surface area (Å²) in [6.07, 6.45) is 4.94. The molecular weight excluding hydrogens is 340 g/mol. The van der Waals surface area contributed by atoms with E-state index in [-0.39, 0.29) is 5.91 Å². The van der Waals surface area contributed by atoms with Crippen molar-refractivity contribution in [3.63, 3.8) is 0 Å². The Bertz CT molecular complexity index is 886. The first-order valence-corrected chi connectivity index (χ1v) is 8.69. The monoisotopic (exact) mass is 362 g/mol. The zero-order chi connectivity index (χ0) is 18.9. The Balaban J connectivity index is 1.48. The second-order valence-electron chi connectivity index (χ2n) is 6.13. The van der Waals surface area contributed by atoms with Gasteiger partial charge in [0.2, 0.25) is 5.91 Å². The highest BCUT2D eigenvalue weighted by Gasteiger charge is 2.01. The average Bonchev–Trinajstić information content (AvgIpc) is 3.14. The lowest BCUT2D eigenvalue weighted by molar-refractivity contribution is -0.116. The molecule has 1 heterocycles. The van der Waals surface area contributed by atoms with Crippen molar-refractivity contribution >= 4 is 12.0 Å². The number of rotatable bonds is 8. The molecule has 0 aliphatic heterocycles. The van der Waals surface area contributed by atoms with Crippen molar-refractivity contribution in [2.45, 2.75) is 19.7 Å². The summed E-state index contributed by atoms with van der Waals surface area (Å²) < 4.78 is 6.83. The molecule has 6 heteroatoms. The topological polar surface area (TPSA) is 69.0 Å². The quantitative estimate of drug-likeness (QED) is 0.626. The molecular formula is C21H22N4O2. The summed E-state index contributed by atoms with van der Waals surface area (Å²) in [4.78, 5) is 12.0. The maximum absolute atomic E-state index is 12.0. The molecule has 0 unspecified atom stereocenters. The van der Waals surface area contributed by atoms with Crippen LogP contribution in [0.15, 0.2) is 66.9 Å².